The van der Waals surface area contributed by atoms with Crippen LogP contribution in [0.3, 0.4) is 0 Å². The third-order valence-electron chi connectivity index (χ3n) is 30.0. The third-order valence-corrected chi connectivity index (χ3v) is 30.0. The van der Waals surface area contributed by atoms with E-state index in [1.165, 1.54) is 230 Å². The lowest BCUT2D eigenvalue weighted by atomic mass is 9.95. The Morgan fingerprint density at radius 1 is 0.109 bits per heavy atom. The Morgan fingerprint density at radius 2 is 0.319 bits per heavy atom. The first-order valence-corrected chi connectivity index (χ1v) is 47.4. The minimum Gasteiger partial charge on any atom is -0.456 e. The predicted molar refractivity (Wildman–Crippen MR) is 580 cm³/mol. The number of para-hydroxylation sites is 2. The molecule has 0 aliphatic heterocycles. The predicted octanol–water partition coefficient (Wildman–Crippen LogP) is 37.5. The number of fused-ring (bicyclic) bond motifs is 30. The van der Waals surface area contributed by atoms with Gasteiger partial charge in [0.05, 0.1) is 33.1 Å². The molecule has 0 saturated heterocycles. The zero-order valence-corrected chi connectivity index (χ0v) is 74.3. The molecule has 32 rings (SSSR count). The Kier molecular flexibility index (Phi) is 15.6. The van der Waals surface area contributed by atoms with Crippen molar-refractivity contribution in [2.45, 2.75) is 0 Å². The van der Waals surface area contributed by atoms with E-state index in [9.17, 15) is 0 Å². The molecule has 0 aliphatic rings. The maximum absolute atomic E-state index is 6.41. The van der Waals surface area contributed by atoms with Gasteiger partial charge in [0.15, 0.2) is 0 Å². The standard InChI is InChI=1S/C70H39NO2.C62H35NO2/c1-2-8-40(9-3-1)41-14-16-42(17-15-41)55-34-62-56-28-51-20-18-47(49-22-24-66-58(32-49)60-30-43-10-4-6-12-45(43)38-68(60)72-66)26-53(51)36-64(56)71-65-37-54-27-48(19-21-52(54)29-57(65)63(35-55)70(62)71)50-23-25-67-59(33-50)61-31-44-11-5-7-13-46(44)39-69(61)73-67;1-2-8-36(9-3-1)37-14-16-38(17-15-37)47-32-54-50-28-43-20-18-39(41-22-24-60-52(30-41)48-10-4-6-12-58(48)64-60)26-45(43)34-56(50)63-57-35-46-27-40(19-21-44(46)29-51(57)55(33-47)62(54)63)42-23-25-61-53(31-42)49-11-5-7-13-59(49)65-61/h1-39H;1-35H. The van der Waals surface area contributed by atoms with Gasteiger partial charge in [-0.05, 0) is 336 Å². The van der Waals surface area contributed by atoms with E-state index in [4.69, 9.17) is 17.7 Å². The summed E-state index contributed by atoms with van der Waals surface area (Å²) in [4.78, 5) is 0. The van der Waals surface area contributed by atoms with Gasteiger partial charge in [-0.15, -0.1) is 0 Å². The normalized spacial score (nSPS) is 12.3. The van der Waals surface area contributed by atoms with Crippen molar-refractivity contribution in [2.75, 3.05) is 0 Å². The summed E-state index contributed by atoms with van der Waals surface area (Å²) in [6.45, 7) is 0. The molecule has 0 fully saturated rings. The highest BCUT2D eigenvalue weighted by Crippen LogP contribution is 2.50. The van der Waals surface area contributed by atoms with Crippen LogP contribution in [0.1, 0.15) is 0 Å². The summed E-state index contributed by atoms with van der Waals surface area (Å²) in [5.41, 5.74) is 33.8. The molecule has 6 nitrogen and oxygen atoms in total. The van der Waals surface area contributed by atoms with Gasteiger partial charge in [0, 0.05) is 86.2 Å². The fourth-order valence-electron chi connectivity index (χ4n) is 23.2. The van der Waals surface area contributed by atoms with Gasteiger partial charge in [-0.1, -0.05) is 267 Å². The maximum Gasteiger partial charge on any atom is 0.136 e. The zero-order valence-electron chi connectivity index (χ0n) is 74.3. The Bertz CT molecular complexity index is 10300. The van der Waals surface area contributed by atoms with Crippen LogP contribution in [0.4, 0.5) is 0 Å². The maximum atomic E-state index is 6.41. The van der Waals surface area contributed by atoms with Gasteiger partial charge < -0.3 is 26.5 Å². The summed E-state index contributed by atoms with van der Waals surface area (Å²) in [6.07, 6.45) is 0. The second-order valence-electron chi connectivity index (χ2n) is 37.8. The highest BCUT2D eigenvalue weighted by molar-refractivity contribution is 6.30. The quantitative estimate of drug-likeness (QED) is 0.152. The molecular weight excluding hydrogens is 1680 g/mol. The molecule has 24 aromatic carbocycles. The largest absolute Gasteiger partial charge is 0.456 e. The monoisotopic (exact) mass is 1750 g/mol. The summed E-state index contributed by atoms with van der Waals surface area (Å²) in [6, 6.07) is 165. The SMILES string of the molecule is c1ccc(-c2ccc(-c3cc4c5cc6ccc(-c7ccc8oc9cc%10ccccc%10cc9c8c7)cc6cc5n5c6cc7cc(-c8ccc9oc%10cc%11ccccc%11cc%10c9c8)ccc7cc6c(c3)c45)cc2)cc1.c1ccc(-c2ccc(-c3cc4c5cc6ccc(-c7ccc8oc9ccccc9c8c7)cc6cc5n5c6cc7cc(-c8ccc9oc%10ccccc%10c9c8)ccc7cc6c(c3)c45)cc2)cc1. The summed E-state index contributed by atoms with van der Waals surface area (Å²) in [5, 5.41) is 33.7. The third kappa shape index (κ3) is 11.5. The van der Waals surface area contributed by atoms with Crippen molar-refractivity contribution in [3.8, 4) is 89.0 Å². The van der Waals surface area contributed by atoms with Crippen LogP contribution in [-0.4, -0.2) is 8.80 Å². The van der Waals surface area contributed by atoms with Gasteiger partial charge in [-0.2, -0.15) is 0 Å². The molecule has 0 amide bonds. The first-order chi connectivity index (χ1) is 68.2. The number of hydrogen-bond donors (Lipinski definition) is 0. The number of aromatic nitrogens is 2. The van der Waals surface area contributed by atoms with E-state index in [-0.39, 0.29) is 0 Å². The van der Waals surface area contributed by atoms with E-state index in [0.29, 0.717) is 0 Å². The summed E-state index contributed by atoms with van der Waals surface area (Å²) >= 11 is 0. The van der Waals surface area contributed by atoms with Crippen LogP contribution in [-0.2, 0) is 0 Å². The molecule has 0 unspecified atom stereocenters. The van der Waals surface area contributed by atoms with Crippen LogP contribution in [0.15, 0.2) is 467 Å². The molecule has 636 valence electrons. The van der Waals surface area contributed by atoms with E-state index >= 15 is 0 Å². The Balaban J connectivity index is 0.000000129. The van der Waals surface area contributed by atoms with Gasteiger partial charge in [0.1, 0.15) is 44.7 Å². The van der Waals surface area contributed by atoms with Crippen molar-refractivity contribution < 1.29 is 17.7 Å². The lowest BCUT2D eigenvalue weighted by molar-refractivity contribution is 0.668. The average molecular weight is 1750 g/mol. The van der Waals surface area contributed by atoms with Crippen LogP contribution in [0.5, 0.6) is 0 Å². The van der Waals surface area contributed by atoms with Crippen molar-refractivity contribution in [1.29, 1.82) is 0 Å². The molecule has 0 N–H and O–H groups in total. The van der Waals surface area contributed by atoms with Gasteiger partial charge in [0.25, 0.3) is 0 Å². The molecule has 32 aromatic rings. The molecule has 0 atom stereocenters. The van der Waals surface area contributed by atoms with Crippen molar-refractivity contribution >= 4 is 229 Å². The number of furan rings is 4. The molecule has 0 saturated carbocycles. The fourth-order valence-corrected chi connectivity index (χ4v) is 23.2. The molecule has 6 heteroatoms. The van der Waals surface area contributed by atoms with Crippen molar-refractivity contribution in [2.24, 2.45) is 0 Å². The van der Waals surface area contributed by atoms with Gasteiger partial charge in [-0.3, -0.25) is 0 Å². The van der Waals surface area contributed by atoms with Crippen LogP contribution in [0.25, 0.3) is 318 Å². The molecule has 0 aliphatic carbocycles. The van der Waals surface area contributed by atoms with E-state index in [0.717, 1.165) is 87.8 Å². The van der Waals surface area contributed by atoms with Crippen molar-refractivity contribution in [1.82, 2.24) is 8.80 Å². The van der Waals surface area contributed by atoms with Crippen LogP contribution in [0.2, 0.25) is 0 Å². The lowest BCUT2D eigenvalue weighted by Crippen LogP contribution is -1.84. The minimum absolute atomic E-state index is 0.904. The van der Waals surface area contributed by atoms with E-state index in [2.05, 4.69) is 433 Å². The Morgan fingerprint density at radius 3 is 0.645 bits per heavy atom. The first-order valence-electron chi connectivity index (χ1n) is 47.4. The number of benzene rings is 24. The van der Waals surface area contributed by atoms with E-state index in [1.807, 2.05) is 24.3 Å². The molecule has 0 radical (unpaired) electrons. The van der Waals surface area contributed by atoms with Crippen LogP contribution < -0.4 is 0 Å². The molecule has 0 bridgehead atoms. The lowest BCUT2D eigenvalue weighted by Gasteiger charge is -2.08. The number of rotatable bonds is 8. The number of hydrogen-bond acceptors (Lipinski definition) is 4. The minimum atomic E-state index is 0.904. The molecule has 8 heterocycles. The number of nitrogens with zero attached hydrogens (tertiary/aromatic N) is 2. The zero-order chi connectivity index (χ0) is 89.8. The van der Waals surface area contributed by atoms with Gasteiger partial charge in [0.2, 0.25) is 0 Å². The highest BCUT2D eigenvalue weighted by atomic mass is 16.3. The summed E-state index contributed by atoms with van der Waals surface area (Å²) < 4.78 is 30.3. The Labute approximate surface area is 787 Å². The molecule has 138 heavy (non-hydrogen) atoms. The van der Waals surface area contributed by atoms with E-state index < -0.39 is 0 Å². The highest BCUT2D eigenvalue weighted by Gasteiger charge is 2.26. The van der Waals surface area contributed by atoms with Crippen LogP contribution in [0, 0.1) is 0 Å². The first kappa shape index (κ1) is 75.2. The molecular formula is C132H74N2O4. The summed E-state index contributed by atoms with van der Waals surface area (Å²) in [5.74, 6) is 0. The molecule has 0 spiro atoms. The van der Waals surface area contributed by atoms with Gasteiger partial charge >= 0.3 is 0 Å². The van der Waals surface area contributed by atoms with E-state index in [1.54, 1.807) is 0 Å². The topological polar surface area (TPSA) is 61.4 Å². The smallest absolute Gasteiger partial charge is 0.136 e. The summed E-state index contributed by atoms with van der Waals surface area (Å²) in [7, 11) is 0. The Hall–Kier alpha value is -18.4. The van der Waals surface area contributed by atoms with Crippen molar-refractivity contribution in [3.63, 3.8) is 0 Å². The van der Waals surface area contributed by atoms with Gasteiger partial charge in [-0.25, -0.2) is 0 Å². The average Bonchev–Trinajstić information content (AvgIpc) is 1.53. The second kappa shape index (κ2) is 28.6. The van der Waals surface area contributed by atoms with Crippen LogP contribution >= 0.6 is 0 Å². The van der Waals surface area contributed by atoms with Crippen molar-refractivity contribution in [3.05, 3.63) is 449 Å². The molecule has 8 aromatic heterocycles. The second-order valence-corrected chi connectivity index (χ2v) is 37.8. The fraction of sp³-hybridized carbons (Fsp3) is 0.